The van der Waals surface area contributed by atoms with Gasteiger partial charge in [0.2, 0.25) is 11.2 Å². The van der Waals surface area contributed by atoms with Gasteiger partial charge < -0.3 is 9.80 Å². The maximum Gasteiger partial charge on any atom is 0.225 e. The third-order valence-corrected chi connectivity index (χ3v) is 7.51. The summed E-state index contributed by atoms with van der Waals surface area (Å²) in [5, 5.41) is 1.37. The van der Waals surface area contributed by atoms with Crippen LogP contribution in [-0.2, 0) is 17.6 Å². The molecule has 1 aromatic carbocycles. The second kappa shape index (κ2) is 7.82. The van der Waals surface area contributed by atoms with Gasteiger partial charge in [0, 0.05) is 43.5 Å². The van der Waals surface area contributed by atoms with Gasteiger partial charge in [0.05, 0.1) is 5.39 Å². The molecule has 0 saturated carbocycles. The molecule has 1 aliphatic carbocycles. The van der Waals surface area contributed by atoms with E-state index < -0.39 is 0 Å². The summed E-state index contributed by atoms with van der Waals surface area (Å²) in [6, 6.07) is 6.93. The van der Waals surface area contributed by atoms with Crippen molar-refractivity contribution in [2.75, 3.05) is 31.1 Å². The molecule has 7 heteroatoms. The van der Waals surface area contributed by atoms with Crippen LogP contribution in [0, 0.1) is 6.92 Å². The first-order valence-electron chi connectivity index (χ1n) is 10.6. The van der Waals surface area contributed by atoms with E-state index in [2.05, 4.69) is 40.0 Å². The molecule has 0 bridgehead atoms. The molecular weight excluding hydrogens is 416 g/mol. The highest BCUT2D eigenvalue weighted by molar-refractivity contribution is 7.19. The number of anilines is 1. The van der Waals surface area contributed by atoms with Gasteiger partial charge in [-0.2, -0.15) is 4.98 Å². The van der Waals surface area contributed by atoms with Gasteiger partial charge >= 0.3 is 0 Å². The van der Waals surface area contributed by atoms with Crippen molar-refractivity contribution in [3.63, 3.8) is 0 Å². The van der Waals surface area contributed by atoms with Crippen molar-refractivity contribution in [2.45, 2.75) is 39.5 Å². The number of piperazine rings is 1. The summed E-state index contributed by atoms with van der Waals surface area (Å²) in [4.78, 5) is 27.3. The quantitative estimate of drug-likeness (QED) is 0.533. The zero-order valence-corrected chi connectivity index (χ0v) is 18.9. The molecular formula is C23H25ClN4OS. The zero-order valence-electron chi connectivity index (χ0n) is 17.4. The number of thiophene rings is 1. The Morgan fingerprint density at radius 2 is 1.80 bits per heavy atom. The van der Waals surface area contributed by atoms with Gasteiger partial charge in [0.15, 0.2) is 0 Å². The highest BCUT2D eigenvalue weighted by atomic mass is 35.5. The minimum atomic E-state index is 0.127. The largest absolute Gasteiger partial charge is 0.352 e. The van der Waals surface area contributed by atoms with Gasteiger partial charge in [-0.25, -0.2) is 4.98 Å². The Kier molecular flexibility index (Phi) is 5.15. The standard InChI is InChI=1S/C23H25ClN4OS/c1-14-19(18-8-7-16-5-3-4-6-17(16)13-18)20-21(25-23(24)26-22(20)30-14)28-11-9-27(10-12-28)15(2)29/h7-8,13H,3-6,9-12H2,1-2H3. The number of halogens is 1. The van der Waals surface area contributed by atoms with E-state index >= 15 is 0 Å². The molecule has 3 heterocycles. The molecule has 5 nitrogen and oxygen atoms in total. The third-order valence-electron chi connectivity index (χ3n) is 6.34. The van der Waals surface area contributed by atoms with Crippen LogP contribution >= 0.6 is 22.9 Å². The van der Waals surface area contributed by atoms with Crippen LogP contribution in [0.5, 0.6) is 0 Å². The molecule has 156 valence electrons. The molecule has 1 fully saturated rings. The Bertz CT molecular complexity index is 1130. The summed E-state index contributed by atoms with van der Waals surface area (Å²) in [7, 11) is 0. The van der Waals surface area contributed by atoms with Crippen molar-refractivity contribution in [3.8, 4) is 11.1 Å². The normalized spacial score (nSPS) is 16.8. The second-order valence-electron chi connectivity index (χ2n) is 8.21. The number of hydrogen-bond donors (Lipinski definition) is 0. The first-order valence-corrected chi connectivity index (χ1v) is 11.8. The number of benzene rings is 1. The third kappa shape index (κ3) is 3.46. The van der Waals surface area contributed by atoms with Crippen LogP contribution in [-0.4, -0.2) is 47.0 Å². The van der Waals surface area contributed by atoms with E-state index in [-0.39, 0.29) is 11.2 Å². The van der Waals surface area contributed by atoms with Gasteiger partial charge in [-0.15, -0.1) is 11.3 Å². The lowest BCUT2D eigenvalue weighted by Crippen LogP contribution is -2.48. The average Bonchev–Trinajstić information content (AvgIpc) is 3.08. The predicted octanol–water partition coefficient (Wildman–Crippen LogP) is 4.87. The lowest BCUT2D eigenvalue weighted by atomic mass is 9.89. The van der Waals surface area contributed by atoms with Gasteiger partial charge in [0.1, 0.15) is 10.6 Å². The van der Waals surface area contributed by atoms with Crippen LogP contribution in [0.25, 0.3) is 21.3 Å². The van der Waals surface area contributed by atoms with Gasteiger partial charge in [-0.05, 0) is 60.9 Å². The number of fused-ring (bicyclic) bond motifs is 2. The molecule has 0 unspecified atom stereocenters. The molecule has 0 atom stereocenters. The average molecular weight is 441 g/mol. The van der Waals surface area contributed by atoms with E-state index in [0.717, 1.165) is 35.5 Å². The van der Waals surface area contributed by atoms with Crippen LogP contribution in [0.4, 0.5) is 5.82 Å². The molecule has 2 aliphatic rings. The molecule has 0 spiro atoms. The summed E-state index contributed by atoms with van der Waals surface area (Å²) in [5.41, 5.74) is 5.43. The summed E-state index contributed by atoms with van der Waals surface area (Å²) in [5.74, 6) is 1.02. The highest BCUT2D eigenvalue weighted by Gasteiger charge is 2.26. The van der Waals surface area contributed by atoms with E-state index in [4.69, 9.17) is 11.6 Å². The molecule has 30 heavy (non-hydrogen) atoms. The topological polar surface area (TPSA) is 49.3 Å². The summed E-state index contributed by atoms with van der Waals surface area (Å²) in [6.45, 7) is 6.70. The Hall–Kier alpha value is -2.18. The van der Waals surface area contributed by atoms with Gasteiger partial charge in [-0.3, -0.25) is 4.79 Å². The number of hydrogen-bond acceptors (Lipinski definition) is 5. The van der Waals surface area contributed by atoms with Crippen LogP contribution < -0.4 is 4.90 Å². The fourth-order valence-electron chi connectivity index (χ4n) is 4.77. The van der Waals surface area contributed by atoms with Crippen LogP contribution in [0.3, 0.4) is 0 Å². The summed E-state index contributed by atoms with van der Waals surface area (Å²) < 4.78 is 0. The Morgan fingerprint density at radius 3 is 2.53 bits per heavy atom. The molecule has 0 radical (unpaired) electrons. The first kappa shape index (κ1) is 19.8. The Balaban J connectivity index is 1.62. The molecule has 0 N–H and O–H groups in total. The van der Waals surface area contributed by atoms with Crippen molar-refractivity contribution < 1.29 is 4.79 Å². The van der Waals surface area contributed by atoms with E-state index in [1.54, 1.807) is 18.3 Å². The lowest BCUT2D eigenvalue weighted by Gasteiger charge is -2.35. The minimum Gasteiger partial charge on any atom is -0.352 e. The smallest absolute Gasteiger partial charge is 0.225 e. The van der Waals surface area contributed by atoms with Crippen LogP contribution in [0.1, 0.15) is 35.8 Å². The lowest BCUT2D eigenvalue weighted by molar-refractivity contribution is -0.129. The molecule has 3 aromatic rings. The van der Waals surface area contributed by atoms with E-state index in [9.17, 15) is 4.79 Å². The Labute approximate surface area is 185 Å². The zero-order chi connectivity index (χ0) is 20.8. The number of aryl methyl sites for hydroxylation is 3. The van der Waals surface area contributed by atoms with E-state index in [1.165, 1.54) is 46.4 Å². The van der Waals surface area contributed by atoms with Crippen LogP contribution in [0.2, 0.25) is 5.28 Å². The number of carbonyl (C=O) groups is 1. The maximum absolute atomic E-state index is 11.7. The fourth-order valence-corrected chi connectivity index (χ4v) is 6.02. The van der Waals surface area contributed by atoms with Crippen LogP contribution in [0.15, 0.2) is 18.2 Å². The van der Waals surface area contributed by atoms with Crippen molar-refractivity contribution >= 4 is 44.9 Å². The summed E-state index contributed by atoms with van der Waals surface area (Å²) in [6.07, 6.45) is 4.90. The van der Waals surface area contributed by atoms with Gasteiger partial charge in [-0.1, -0.05) is 18.2 Å². The molecule has 1 saturated heterocycles. The minimum absolute atomic E-state index is 0.127. The Morgan fingerprint density at radius 1 is 1.07 bits per heavy atom. The fraction of sp³-hybridized carbons (Fsp3) is 0.435. The maximum atomic E-state index is 11.7. The molecule has 2 aromatic heterocycles. The SMILES string of the molecule is CC(=O)N1CCN(c2nc(Cl)nc3sc(C)c(-c4ccc5c(c4)CCCC5)c23)CC1. The first-order chi connectivity index (χ1) is 14.5. The number of amides is 1. The summed E-state index contributed by atoms with van der Waals surface area (Å²) >= 11 is 8.00. The number of rotatable bonds is 2. The highest BCUT2D eigenvalue weighted by Crippen LogP contribution is 2.43. The predicted molar refractivity (Wildman–Crippen MR) is 124 cm³/mol. The van der Waals surface area contributed by atoms with Crippen molar-refractivity contribution in [2.24, 2.45) is 0 Å². The monoisotopic (exact) mass is 440 g/mol. The van der Waals surface area contributed by atoms with E-state index in [1.807, 2.05) is 4.90 Å². The molecule has 5 rings (SSSR count). The number of nitrogens with zero attached hydrogens (tertiary/aromatic N) is 4. The second-order valence-corrected chi connectivity index (χ2v) is 9.75. The van der Waals surface area contributed by atoms with Crippen molar-refractivity contribution in [1.29, 1.82) is 0 Å². The molecule has 1 amide bonds. The van der Waals surface area contributed by atoms with Crippen molar-refractivity contribution in [3.05, 3.63) is 39.5 Å². The van der Waals surface area contributed by atoms with Crippen molar-refractivity contribution in [1.82, 2.24) is 14.9 Å². The number of aromatic nitrogens is 2. The number of carbonyl (C=O) groups excluding carboxylic acids is 1. The van der Waals surface area contributed by atoms with Gasteiger partial charge in [0.25, 0.3) is 0 Å². The van der Waals surface area contributed by atoms with E-state index in [0.29, 0.717) is 13.1 Å². The molecule has 1 aliphatic heterocycles.